The van der Waals surface area contributed by atoms with Crippen molar-refractivity contribution in [2.24, 2.45) is 5.92 Å². The van der Waals surface area contributed by atoms with E-state index in [4.69, 9.17) is 9.47 Å². The average Bonchev–Trinajstić information content (AvgIpc) is 2.95. The molecule has 0 aromatic heterocycles. The molecular weight excluding hydrogens is 308 g/mol. The van der Waals surface area contributed by atoms with Crippen molar-refractivity contribution in [1.29, 1.82) is 0 Å². The third-order valence-electron chi connectivity index (χ3n) is 4.24. The van der Waals surface area contributed by atoms with Crippen molar-refractivity contribution in [3.63, 3.8) is 0 Å². The molecular formula is C18H26N2O4. The molecule has 1 aromatic carbocycles. The van der Waals surface area contributed by atoms with Gasteiger partial charge < -0.3 is 19.7 Å². The molecule has 24 heavy (non-hydrogen) atoms. The van der Waals surface area contributed by atoms with Crippen LogP contribution < -0.4 is 14.8 Å². The lowest BCUT2D eigenvalue weighted by Crippen LogP contribution is -2.33. The van der Waals surface area contributed by atoms with Gasteiger partial charge in [-0.05, 0) is 24.1 Å². The molecule has 2 rings (SSSR count). The van der Waals surface area contributed by atoms with Crippen molar-refractivity contribution < 1.29 is 19.1 Å². The van der Waals surface area contributed by atoms with E-state index in [0.717, 1.165) is 18.4 Å². The molecule has 1 saturated heterocycles. The topological polar surface area (TPSA) is 67.9 Å². The minimum Gasteiger partial charge on any atom is -0.493 e. The van der Waals surface area contributed by atoms with E-state index in [2.05, 4.69) is 12.2 Å². The van der Waals surface area contributed by atoms with E-state index in [-0.39, 0.29) is 24.2 Å². The Morgan fingerprint density at radius 2 is 2.04 bits per heavy atom. The molecule has 132 valence electrons. The predicted octanol–water partition coefficient (Wildman–Crippen LogP) is 1.97. The second kappa shape index (κ2) is 8.57. The standard InChI is InChI=1S/C18H26N2O4/c1-4-5-8-19-18(22)14-10-17(21)20(12-14)11-13-6-7-15(23-2)16(9-13)24-3/h6-7,9,14H,4-5,8,10-12H2,1-3H3,(H,19,22). The third-order valence-corrected chi connectivity index (χ3v) is 4.24. The van der Waals surface area contributed by atoms with Crippen LogP contribution in [0.3, 0.4) is 0 Å². The molecule has 1 aliphatic rings. The fourth-order valence-corrected chi connectivity index (χ4v) is 2.83. The highest BCUT2D eigenvalue weighted by molar-refractivity contribution is 5.89. The van der Waals surface area contributed by atoms with Gasteiger partial charge in [0.05, 0.1) is 20.1 Å². The molecule has 1 unspecified atom stereocenters. The second-order valence-electron chi connectivity index (χ2n) is 6.01. The number of unbranched alkanes of at least 4 members (excludes halogenated alkanes) is 1. The van der Waals surface area contributed by atoms with Crippen LogP contribution >= 0.6 is 0 Å². The fraction of sp³-hybridized carbons (Fsp3) is 0.556. The number of carbonyl (C=O) groups is 2. The van der Waals surface area contributed by atoms with Crippen molar-refractivity contribution in [1.82, 2.24) is 10.2 Å². The monoisotopic (exact) mass is 334 g/mol. The highest BCUT2D eigenvalue weighted by Crippen LogP contribution is 2.29. The number of amides is 2. The number of ether oxygens (including phenoxy) is 2. The SMILES string of the molecule is CCCCNC(=O)C1CC(=O)N(Cc2ccc(OC)c(OC)c2)C1. The van der Waals surface area contributed by atoms with Crippen molar-refractivity contribution in [3.8, 4) is 11.5 Å². The fourth-order valence-electron chi connectivity index (χ4n) is 2.83. The molecule has 0 aliphatic carbocycles. The molecule has 1 aliphatic heterocycles. The van der Waals surface area contributed by atoms with E-state index >= 15 is 0 Å². The lowest BCUT2D eigenvalue weighted by atomic mass is 10.1. The zero-order valence-electron chi connectivity index (χ0n) is 14.6. The number of likely N-dealkylation sites (tertiary alicyclic amines) is 1. The van der Waals surface area contributed by atoms with Crippen LogP contribution in [0, 0.1) is 5.92 Å². The zero-order chi connectivity index (χ0) is 17.5. The molecule has 0 bridgehead atoms. The summed E-state index contributed by atoms with van der Waals surface area (Å²) in [5.74, 6) is 1.03. The van der Waals surface area contributed by atoms with Crippen LogP contribution in [0.2, 0.25) is 0 Å². The first-order valence-electron chi connectivity index (χ1n) is 8.35. The van der Waals surface area contributed by atoms with E-state index in [9.17, 15) is 9.59 Å². The van der Waals surface area contributed by atoms with Crippen LogP contribution in [0.1, 0.15) is 31.7 Å². The quantitative estimate of drug-likeness (QED) is 0.738. The Bertz CT molecular complexity index is 588. The molecule has 2 amide bonds. The summed E-state index contributed by atoms with van der Waals surface area (Å²) in [5.41, 5.74) is 0.952. The molecule has 0 radical (unpaired) electrons. The van der Waals surface area contributed by atoms with Gasteiger partial charge in [-0.15, -0.1) is 0 Å². The molecule has 6 heteroatoms. The molecule has 1 heterocycles. The number of rotatable bonds is 8. The highest BCUT2D eigenvalue weighted by atomic mass is 16.5. The summed E-state index contributed by atoms with van der Waals surface area (Å²) < 4.78 is 10.5. The maximum absolute atomic E-state index is 12.2. The number of nitrogens with one attached hydrogen (secondary N) is 1. The lowest BCUT2D eigenvalue weighted by molar-refractivity contribution is -0.129. The van der Waals surface area contributed by atoms with Gasteiger partial charge in [-0.3, -0.25) is 9.59 Å². The highest BCUT2D eigenvalue weighted by Gasteiger charge is 2.34. The van der Waals surface area contributed by atoms with Crippen LogP contribution in [-0.4, -0.2) is 44.0 Å². The van der Waals surface area contributed by atoms with E-state index in [1.54, 1.807) is 19.1 Å². The molecule has 0 saturated carbocycles. The van der Waals surface area contributed by atoms with E-state index in [1.165, 1.54) is 0 Å². The molecule has 1 aromatic rings. The van der Waals surface area contributed by atoms with Gasteiger partial charge in [0.2, 0.25) is 11.8 Å². The third kappa shape index (κ3) is 4.40. The van der Waals surface area contributed by atoms with Gasteiger partial charge in [0.1, 0.15) is 0 Å². The summed E-state index contributed by atoms with van der Waals surface area (Å²) in [4.78, 5) is 26.0. The normalized spacial score (nSPS) is 17.0. The van der Waals surface area contributed by atoms with Crippen LogP contribution in [0.5, 0.6) is 11.5 Å². The number of hydrogen-bond acceptors (Lipinski definition) is 4. The lowest BCUT2D eigenvalue weighted by Gasteiger charge is -2.18. The number of benzene rings is 1. The summed E-state index contributed by atoms with van der Waals surface area (Å²) in [5, 5.41) is 2.91. The first-order valence-corrected chi connectivity index (χ1v) is 8.35. The van der Waals surface area contributed by atoms with Crippen LogP contribution in [0.25, 0.3) is 0 Å². The van der Waals surface area contributed by atoms with Crippen molar-refractivity contribution in [3.05, 3.63) is 23.8 Å². The van der Waals surface area contributed by atoms with Gasteiger partial charge in [0.15, 0.2) is 11.5 Å². The molecule has 6 nitrogen and oxygen atoms in total. The molecule has 1 N–H and O–H groups in total. The summed E-state index contributed by atoms with van der Waals surface area (Å²) in [6, 6.07) is 5.59. The van der Waals surface area contributed by atoms with Crippen molar-refractivity contribution in [2.45, 2.75) is 32.7 Å². The summed E-state index contributed by atoms with van der Waals surface area (Å²) >= 11 is 0. The maximum Gasteiger partial charge on any atom is 0.225 e. The summed E-state index contributed by atoms with van der Waals surface area (Å²) in [7, 11) is 3.17. The van der Waals surface area contributed by atoms with Gasteiger partial charge in [-0.1, -0.05) is 19.4 Å². The largest absolute Gasteiger partial charge is 0.493 e. The molecule has 0 spiro atoms. The van der Waals surface area contributed by atoms with Gasteiger partial charge >= 0.3 is 0 Å². The zero-order valence-corrected chi connectivity index (χ0v) is 14.6. The van der Waals surface area contributed by atoms with Gasteiger partial charge in [0, 0.05) is 26.1 Å². The Kier molecular flexibility index (Phi) is 6.46. The first-order chi connectivity index (χ1) is 11.6. The van der Waals surface area contributed by atoms with Gasteiger partial charge in [-0.2, -0.15) is 0 Å². The van der Waals surface area contributed by atoms with Crippen LogP contribution in [0.15, 0.2) is 18.2 Å². The number of nitrogens with zero attached hydrogens (tertiary/aromatic N) is 1. The van der Waals surface area contributed by atoms with Crippen LogP contribution in [0.4, 0.5) is 0 Å². The Hall–Kier alpha value is -2.24. The Morgan fingerprint density at radius 1 is 1.29 bits per heavy atom. The maximum atomic E-state index is 12.2. The minimum absolute atomic E-state index is 0.0143. The number of hydrogen-bond donors (Lipinski definition) is 1. The average molecular weight is 334 g/mol. The Morgan fingerprint density at radius 3 is 2.71 bits per heavy atom. The smallest absolute Gasteiger partial charge is 0.225 e. The second-order valence-corrected chi connectivity index (χ2v) is 6.01. The van der Waals surface area contributed by atoms with Crippen LogP contribution in [-0.2, 0) is 16.1 Å². The van der Waals surface area contributed by atoms with Gasteiger partial charge in [0.25, 0.3) is 0 Å². The summed E-state index contributed by atoms with van der Waals surface area (Å²) in [6.45, 7) is 3.69. The van der Waals surface area contributed by atoms with E-state index < -0.39 is 0 Å². The number of methoxy groups -OCH3 is 2. The predicted molar refractivity (Wildman–Crippen MR) is 91.0 cm³/mol. The first kappa shape index (κ1) is 18.1. The molecule has 1 atom stereocenters. The molecule has 1 fully saturated rings. The van der Waals surface area contributed by atoms with Gasteiger partial charge in [-0.25, -0.2) is 0 Å². The Balaban J connectivity index is 1.96. The van der Waals surface area contributed by atoms with E-state index in [0.29, 0.717) is 31.1 Å². The van der Waals surface area contributed by atoms with Crippen molar-refractivity contribution >= 4 is 11.8 Å². The van der Waals surface area contributed by atoms with E-state index in [1.807, 2.05) is 18.2 Å². The number of carbonyl (C=O) groups excluding carboxylic acids is 2. The summed E-state index contributed by atoms with van der Waals surface area (Å²) in [6.07, 6.45) is 2.28. The van der Waals surface area contributed by atoms with Crippen molar-refractivity contribution in [2.75, 3.05) is 27.3 Å². The minimum atomic E-state index is -0.255. The Labute approximate surface area is 143 Å².